The molecule has 0 aromatic carbocycles. The molecule has 1 fully saturated rings. The minimum atomic E-state index is 0.118. The van der Waals surface area contributed by atoms with Crippen LogP contribution < -0.4 is 5.32 Å². The third-order valence-electron chi connectivity index (χ3n) is 3.91. The number of rotatable bonds is 6. The van der Waals surface area contributed by atoms with Gasteiger partial charge in [0.15, 0.2) is 0 Å². The quantitative estimate of drug-likeness (QED) is 0.876. The van der Waals surface area contributed by atoms with E-state index in [0.717, 1.165) is 55.3 Å². The van der Waals surface area contributed by atoms with Gasteiger partial charge in [-0.3, -0.25) is 9.69 Å². The summed E-state index contributed by atoms with van der Waals surface area (Å²) in [4.78, 5) is 14.7. The van der Waals surface area contributed by atoms with E-state index in [1.165, 1.54) is 0 Å². The van der Waals surface area contributed by atoms with E-state index in [0.29, 0.717) is 0 Å². The summed E-state index contributed by atoms with van der Waals surface area (Å²) in [5.41, 5.74) is 0. The Hall–Kier alpha value is -1.01. The van der Waals surface area contributed by atoms with Crippen molar-refractivity contribution in [1.29, 1.82) is 0 Å². The summed E-state index contributed by atoms with van der Waals surface area (Å²) in [5.74, 6) is 0.334. The number of piperidine rings is 1. The second-order valence-corrected chi connectivity index (χ2v) is 7.25. The summed E-state index contributed by atoms with van der Waals surface area (Å²) in [6, 6.07) is 0.281. The molecular weight excluding hydrogens is 284 g/mol. The van der Waals surface area contributed by atoms with E-state index < -0.39 is 0 Å². The van der Waals surface area contributed by atoms with Gasteiger partial charge in [0.25, 0.3) is 0 Å². The molecule has 2 unspecified atom stereocenters. The Kier molecular flexibility index (Phi) is 6.11. The molecule has 2 rings (SSSR count). The molecule has 0 spiro atoms. The number of nitrogens with zero attached hydrogens (tertiary/aromatic N) is 3. The number of aromatic nitrogens is 2. The minimum Gasteiger partial charge on any atom is -0.353 e. The largest absolute Gasteiger partial charge is 0.353 e. The van der Waals surface area contributed by atoms with Gasteiger partial charge in [-0.2, -0.15) is 0 Å². The molecule has 1 amide bonds. The van der Waals surface area contributed by atoms with Crippen LogP contribution in [-0.4, -0.2) is 40.1 Å². The molecule has 0 bridgehead atoms. The molecule has 1 aliphatic rings. The highest BCUT2D eigenvalue weighted by molar-refractivity contribution is 7.11. The zero-order valence-corrected chi connectivity index (χ0v) is 14.1. The number of carbonyl (C=O) groups is 1. The Labute approximate surface area is 131 Å². The van der Waals surface area contributed by atoms with E-state index in [9.17, 15) is 4.79 Å². The smallest absolute Gasteiger partial charge is 0.224 e. The summed E-state index contributed by atoms with van der Waals surface area (Å²) in [6.45, 7) is 8.92. The molecule has 21 heavy (non-hydrogen) atoms. The molecule has 118 valence electrons. The van der Waals surface area contributed by atoms with Crippen molar-refractivity contribution in [2.24, 2.45) is 5.92 Å². The highest BCUT2D eigenvalue weighted by atomic mass is 32.1. The normalized spacial score (nSPS) is 21.2. The second-order valence-electron chi connectivity index (χ2n) is 5.99. The van der Waals surface area contributed by atoms with Crippen LogP contribution in [-0.2, 0) is 11.3 Å². The van der Waals surface area contributed by atoms with Crippen LogP contribution in [0.4, 0.5) is 0 Å². The van der Waals surface area contributed by atoms with E-state index in [-0.39, 0.29) is 17.9 Å². The fourth-order valence-electron chi connectivity index (χ4n) is 2.87. The van der Waals surface area contributed by atoms with Crippen molar-refractivity contribution in [3.63, 3.8) is 0 Å². The first-order valence-corrected chi connectivity index (χ1v) is 8.71. The van der Waals surface area contributed by atoms with E-state index >= 15 is 0 Å². The summed E-state index contributed by atoms with van der Waals surface area (Å²) >= 11 is 1.64. The monoisotopic (exact) mass is 310 g/mol. The van der Waals surface area contributed by atoms with Crippen molar-refractivity contribution in [3.8, 4) is 0 Å². The molecule has 1 N–H and O–H groups in total. The molecule has 2 heterocycles. The number of carbonyl (C=O) groups excluding carboxylic acids is 1. The lowest BCUT2D eigenvalue weighted by Gasteiger charge is -2.31. The standard InChI is InChI=1S/C15H26N4OS/c1-4-6-11(2)16-15(20)13-7-5-8-19(9-13)10-14-18-17-12(3)21-14/h11,13H,4-10H2,1-3H3,(H,16,20). The molecule has 0 saturated carbocycles. The van der Waals surface area contributed by atoms with E-state index in [4.69, 9.17) is 0 Å². The van der Waals surface area contributed by atoms with Gasteiger partial charge in [0.2, 0.25) is 5.91 Å². The summed E-state index contributed by atoms with van der Waals surface area (Å²) in [6.07, 6.45) is 4.23. The van der Waals surface area contributed by atoms with E-state index in [1.54, 1.807) is 11.3 Å². The molecule has 1 aromatic heterocycles. The second kappa shape index (κ2) is 7.84. The molecular formula is C15H26N4OS. The van der Waals surface area contributed by atoms with Crippen LogP contribution in [0.3, 0.4) is 0 Å². The third kappa shape index (κ3) is 5.04. The molecule has 1 saturated heterocycles. The van der Waals surface area contributed by atoms with Crippen LogP contribution in [0.25, 0.3) is 0 Å². The van der Waals surface area contributed by atoms with Crippen molar-refractivity contribution >= 4 is 17.2 Å². The number of hydrogen-bond acceptors (Lipinski definition) is 5. The number of nitrogens with one attached hydrogen (secondary N) is 1. The van der Waals surface area contributed by atoms with Crippen molar-refractivity contribution in [2.45, 2.75) is 59.0 Å². The molecule has 0 radical (unpaired) electrons. The SMILES string of the molecule is CCCC(C)NC(=O)C1CCCN(Cc2nnc(C)s2)C1. The lowest BCUT2D eigenvalue weighted by Crippen LogP contribution is -2.45. The fraction of sp³-hybridized carbons (Fsp3) is 0.800. The van der Waals surface area contributed by atoms with Gasteiger partial charge < -0.3 is 5.32 Å². The summed E-state index contributed by atoms with van der Waals surface area (Å²) in [7, 11) is 0. The number of likely N-dealkylation sites (tertiary alicyclic amines) is 1. The Balaban J connectivity index is 1.83. The Morgan fingerprint density at radius 3 is 3.00 bits per heavy atom. The van der Waals surface area contributed by atoms with Crippen LogP contribution in [0.2, 0.25) is 0 Å². The molecule has 1 aromatic rings. The molecule has 2 atom stereocenters. The fourth-order valence-corrected chi connectivity index (χ4v) is 3.62. The van der Waals surface area contributed by atoms with Gasteiger partial charge >= 0.3 is 0 Å². The van der Waals surface area contributed by atoms with Gasteiger partial charge in [0.1, 0.15) is 10.0 Å². The van der Waals surface area contributed by atoms with Crippen LogP contribution in [0.1, 0.15) is 49.5 Å². The van der Waals surface area contributed by atoms with E-state index in [2.05, 4.69) is 34.3 Å². The molecule has 0 aliphatic carbocycles. The molecule has 6 heteroatoms. The molecule has 1 aliphatic heterocycles. The van der Waals surface area contributed by atoms with Crippen LogP contribution in [0.15, 0.2) is 0 Å². The van der Waals surface area contributed by atoms with E-state index in [1.807, 2.05) is 6.92 Å². The van der Waals surface area contributed by atoms with Gasteiger partial charge in [-0.15, -0.1) is 21.5 Å². The van der Waals surface area contributed by atoms with Crippen LogP contribution in [0, 0.1) is 12.8 Å². The highest BCUT2D eigenvalue weighted by Gasteiger charge is 2.26. The highest BCUT2D eigenvalue weighted by Crippen LogP contribution is 2.20. The Morgan fingerprint density at radius 1 is 1.52 bits per heavy atom. The van der Waals surface area contributed by atoms with Gasteiger partial charge in [0, 0.05) is 12.6 Å². The lowest BCUT2D eigenvalue weighted by atomic mass is 9.96. The minimum absolute atomic E-state index is 0.118. The Morgan fingerprint density at radius 2 is 2.33 bits per heavy atom. The van der Waals surface area contributed by atoms with Crippen LogP contribution in [0.5, 0.6) is 0 Å². The van der Waals surface area contributed by atoms with Crippen molar-refractivity contribution in [2.75, 3.05) is 13.1 Å². The number of aryl methyl sites for hydroxylation is 1. The summed E-state index contributed by atoms with van der Waals surface area (Å²) < 4.78 is 0. The van der Waals surface area contributed by atoms with Gasteiger partial charge in [-0.05, 0) is 39.7 Å². The maximum atomic E-state index is 12.3. The first-order chi connectivity index (χ1) is 10.1. The average molecular weight is 310 g/mol. The third-order valence-corrected chi connectivity index (χ3v) is 4.74. The zero-order chi connectivity index (χ0) is 15.2. The first-order valence-electron chi connectivity index (χ1n) is 7.90. The maximum absolute atomic E-state index is 12.3. The van der Waals surface area contributed by atoms with Gasteiger partial charge in [0.05, 0.1) is 12.5 Å². The zero-order valence-electron chi connectivity index (χ0n) is 13.3. The number of hydrogen-bond donors (Lipinski definition) is 1. The topological polar surface area (TPSA) is 58.1 Å². The predicted octanol–water partition coefficient (Wildman–Crippen LogP) is 2.36. The predicted molar refractivity (Wildman–Crippen MR) is 85.2 cm³/mol. The van der Waals surface area contributed by atoms with Gasteiger partial charge in [-0.25, -0.2) is 0 Å². The van der Waals surface area contributed by atoms with Crippen molar-refractivity contribution in [3.05, 3.63) is 10.0 Å². The van der Waals surface area contributed by atoms with Gasteiger partial charge in [-0.1, -0.05) is 13.3 Å². The first kappa shape index (κ1) is 16.4. The molecule has 5 nitrogen and oxygen atoms in total. The number of amides is 1. The average Bonchev–Trinajstić information content (AvgIpc) is 2.84. The van der Waals surface area contributed by atoms with Crippen molar-refractivity contribution < 1.29 is 4.79 Å². The Bertz CT molecular complexity index is 462. The lowest BCUT2D eigenvalue weighted by molar-refractivity contribution is -0.127. The summed E-state index contributed by atoms with van der Waals surface area (Å²) in [5, 5.41) is 13.4. The van der Waals surface area contributed by atoms with Crippen molar-refractivity contribution in [1.82, 2.24) is 20.4 Å². The maximum Gasteiger partial charge on any atom is 0.224 e. The van der Waals surface area contributed by atoms with Crippen LogP contribution >= 0.6 is 11.3 Å².